The largest absolute Gasteiger partial charge is 0.493 e. The van der Waals surface area contributed by atoms with Crippen molar-refractivity contribution in [1.82, 2.24) is 20.1 Å². The maximum atomic E-state index is 12.2. The van der Waals surface area contributed by atoms with E-state index >= 15 is 0 Å². The Morgan fingerprint density at radius 2 is 1.91 bits per heavy atom. The maximum absolute atomic E-state index is 12.2. The number of halogens is 2. The Balaban J connectivity index is 1.55. The highest BCUT2D eigenvalue weighted by molar-refractivity contribution is 7.98. The molecule has 1 aromatic heterocycles. The normalized spacial score (nSPS) is 11.0. The Labute approximate surface area is 200 Å². The van der Waals surface area contributed by atoms with Crippen LogP contribution in [0.15, 0.2) is 47.6 Å². The van der Waals surface area contributed by atoms with E-state index in [2.05, 4.69) is 15.5 Å². The molecule has 1 amide bonds. The fourth-order valence-electron chi connectivity index (χ4n) is 2.76. The highest BCUT2D eigenvalue weighted by Gasteiger charge is 2.11. The maximum Gasteiger partial charge on any atom is 0.244 e. The van der Waals surface area contributed by atoms with Crippen LogP contribution in [0, 0.1) is 0 Å². The molecular formula is C22H22Cl2N4O3S. The highest BCUT2D eigenvalue weighted by atomic mass is 35.5. The van der Waals surface area contributed by atoms with Gasteiger partial charge in [-0.15, -0.1) is 10.2 Å². The molecule has 1 heterocycles. The molecule has 0 saturated carbocycles. The van der Waals surface area contributed by atoms with Gasteiger partial charge in [-0.25, -0.2) is 0 Å². The van der Waals surface area contributed by atoms with Crippen molar-refractivity contribution < 1.29 is 14.3 Å². The minimum atomic E-state index is -0.245. The molecule has 168 valence electrons. The molecule has 0 aliphatic rings. The van der Waals surface area contributed by atoms with Crippen LogP contribution in [0.3, 0.4) is 0 Å². The van der Waals surface area contributed by atoms with Crippen molar-refractivity contribution in [2.75, 3.05) is 14.2 Å². The average Bonchev–Trinajstić information content (AvgIpc) is 3.14. The summed E-state index contributed by atoms with van der Waals surface area (Å²) in [6, 6.07) is 10.8. The van der Waals surface area contributed by atoms with Crippen molar-refractivity contribution in [2.24, 2.45) is 7.05 Å². The van der Waals surface area contributed by atoms with Gasteiger partial charge in [-0.3, -0.25) is 4.79 Å². The van der Waals surface area contributed by atoms with E-state index in [1.807, 2.05) is 23.7 Å². The Morgan fingerprint density at radius 3 is 2.62 bits per heavy atom. The van der Waals surface area contributed by atoms with Gasteiger partial charge in [0.1, 0.15) is 0 Å². The Bertz CT molecular complexity index is 1130. The summed E-state index contributed by atoms with van der Waals surface area (Å²) in [5, 5.41) is 13.1. The third kappa shape index (κ3) is 6.18. The van der Waals surface area contributed by atoms with Crippen molar-refractivity contribution in [3.8, 4) is 11.5 Å². The zero-order chi connectivity index (χ0) is 23.1. The van der Waals surface area contributed by atoms with Gasteiger partial charge >= 0.3 is 0 Å². The van der Waals surface area contributed by atoms with E-state index in [9.17, 15) is 4.79 Å². The SMILES string of the molecule is COc1ccc(C=CC(=O)NCc2nnc(SCc3ccc(Cl)cc3Cl)n2C)cc1OC. The standard InChI is InChI=1S/C22H22Cl2N4O3S/c1-28-20(26-27-22(28)32-13-15-6-7-16(23)11-17(15)24)12-25-21(29)9-5-14-4-8-18(30-2)19(10-14)31-3/h4-11H,12-13H2,1-3H3,(H,25,29). The van der Waals surface area contributed by atoms with Crippen molar-refractivity contribution in [3.05, 3.63) is 69.5 Å². The number of nitrogens with one attached hydrogen (secondary N) is 1. The van der Waals surface area contributed by atoms with Gasteiger partial charge in [-0.05, 0) is 41.5 Å². The highest BCUT2D eigenvalue weighted by Crippen LogP contribution is 2.29. The van der Waals surface area contributed by atoms with Gasteiger partial charge in [-0.2, -0.15) is 0 Å². The second-order valence-corrected chi connectivity index (χ2v) is 8.43. The first-order chi connectivity index (χ1) is 15.4. The predicted molar refractivity (Wildman–Crippen MR) is 127 cm³/mol. The van der Waals surface area contributed by atoms with E-state index < -0.39 is 0 Å². The van der Waals surface area contributed by atoms with Crippen LogP contribution in [0.25, 0.3) is 6.08 Å². The van der Waals surface area contributed by atoms with E-state index in [0.29, 0.717) is 33.1 Å². The number of hydrogen-bond donors (Lipinski definition) is 1. The van der Waals surface area contributed by atoms with Crippen LogP contribution in [0.1, 0.15) is 17.0 Å². The lowest BCUT2D eigenvalue weighted by atomic mass is 10.2. The van der Waals surface area contributed by atoms with Crippen LogP contribution in [-0.2, 0) is 24.1 Å². The van der Waals surface area contributed by atoms with E-state index in [4.69, 9.17) is 32.7 Å². The number of nitrogens with zero attached hydrogens (tertiary/aromatic N) is 3. The molecule has 2 aromatic carbocycles. The molecule has 0 spiro atoms. The molecule has 32 heavy (non-hydrogen) atoms. The smallest absolute Gasteiger partial charge is 0.244 e. The molecular weight excluding hydrogens is 471 g/mol. The fraction of sp³-hybridized carbons (Fsp3) is 0.227. The molecule has 3 rings (SSSR count). The first-order valence-corrected chi connectivity index (χ1v) is 11.3. The summed E-state index contributed by atoms with van der Waals surface area (Å²) in [5.41, 5.74) is 1.77. The van der Waals surface area contributed by atoms with Crippen LogP contribution in [0.5, 0.6) is 11.5 Å². The number of rotatable bonds is 9. The Kier molecular flexibility index (Phi) is 8.44. The average molecular weight is 493 g/mol. The lowest BCUT2D eigenvalue weighted by Gasteiger charge is -2.07. The number of carbonyl (C=O) groups is 1. The second-order valence-electron chi connectivity index (χ2n) is 6.65. The number of amides is 1. The van der Waals surface area contributed by atoms with Crippen molar-refractivity contribution in [1.29, 1.82) is 0 Å². The molecule has 0 atom stereocenters. The quantitative estimate of drug-likeness (QED) is 0.342. The molecule has 0 aliphatic carbocycles. The zero-order valence-electron chi connectivity index (χ0n) is 17.8. The number of benzene rings is 2. The Hall–Kier alpha value is -2.68. The van der Waals surface area contributed by atoms with Crippen LogP contribution >= 0.6 is 35.0 Å². The van der Waals surface area contributed by atoms with Crippen molar-refractivity contribution >= 4 is 46.9 Å². The topological polar surface area (TPSA) is 78.3 Å². The summed E-state index contributed by atoms with van der Waals surface area (Å²) in [6.07, 6.45) is 3.15. The Morgan fingerprint density at radius 1 is 1.12 bits per heavy atom. The number of carbonyl (C=O) groups excluding carboxylic acids is 1. The van der Waals surface area contributed by atoms with E-state index in [-0.39, 0.29) is 12.5 Å². The molecule has 0 unspecified atom stereocenters. The van der Waals surface area contributed by atoms with Gasteiger partial charge in [0, 0.05) is 28.9 Å². The van der Waals surface area contributed by atoms with Crippen molar-refractivity contribution in [2.45, 2.75) is 17.5 Å². The number of methoxy groups -OCH3 is 2. The third-order valence-corrected chi connectivity index (χ3v) is 6.21. The lowest BCUT2D eigenvalue weighted by molar-refractivity contribution is -0.116. The lowest BCUT2D eigenvalue weighted by Crippen LogP contribution is -2.22. The summed E-state index contributed by atoms with van der Waals surface area (Å²) in [7, 11) is 4.99. The molecule has 0 fully saturated rings. The van der Waals surface area contributed by atoms with Crippen LogP contribution in [0.4, 0.5) is 0 Å². The molecule has 0 aliphatic heterocycles. The predicted octanol–water partition coefficient (Wildman–Crippen LogP) is 4.76. The summed E-state index contributed by atoms with van der Waals surface area (Å²) in [5.74, 6) is 2.25. The second kappa shape index (κ2) is 11.3. The van der Waals surface area contributed by atoms with E-state index in [0.717, 1.165) is 16.3 Å². The zero-order valence-corrected chi connectivity index (χ0v) is 20.1. The molecule has 7 nitrogen and oxygen atoms in total. The molecule has 10 heteroatoms. The van der Waals surface area contributed by atoms with Gasteiger partial charge < -0.3 is 19.4 Å². The van der Waals surface area contributed by atoms with Gasteiger partial charge in [0.2, 0.25) is 5.91 Å². The summed E-state index contributed by atoms with van der Waals surface area (Å²) in [6.45, 7) is 0.251. The molecule has 1 N–H and O–H groups in total. The number of thioether (sulfide) groups is 1. The monoisotopic (exact) mass is 492 g/mol. The number of ether oxygens (including phenoxy) is 2. The van der Waals surface area contributed by atoms with Gasteiger partial charge in [0.05, 0.1) is 20.8 Å². The van der Waals surface area contributed by atoms with Gasteiger partial charge in [0.25, 0.3) is 0 Å². The van der Waals surface area contributed by atoms with E-state index in [1.54, 1.807) is 44.6 Å². The molecule has 3 aromatic rings. The van der Waals surface area contributed by atoms with Crippen LogP contribution in [0.2, 0.25) is 10.0 Å². The minimum absolute atomic E-state index is 0.245. The first-order valence-electron chi connectivity index (χ1n) is 9.54. The number of aromatic nitrogens is 3. The summed E-state index contributed by atoms with van der Waals surface area (Å²) < 4.78 is 12.3. The summed E-state index contributed by atoms with van der Waals surface area (Å²) in [4.78, 5) is 12.2. The molecule has 0 bridgehead atoms. The first kappa shape index (κ1) is 24.0. The van der Waals surface area contributed by atoms with Gasteiger partial charge in [0.15, 0.2) is 22.5 Å². The molecule has 0 radical (unpaired) electrons. The summed E-state index contributed by atoms with van der Waals surface area (Å²) >= 11 is 13.7. The van der Waals surface area contributed by atoms with Gasteiger partial charge in [-0.1, -0.05) is 47.1 Å². The fourth-order valence-corrected chi connectivity index (χ4v) is 4.25. The number of hydrogen-bond acceptors (Lipinski definition) is 6. The molecule has 0 saturated heterocycles. The third-order valence-electron chi connectivity index (χ3n) is 4.55. The van der Waals surface area contributed by atoms with Crippen LogP contribution in [-0.4, -0.2) is 34.9 Å². The minimum Gasteiger partial charge on any atom is -0.493 e. The van der Waals surface area contributed by atoms with E-state index in [1.165, 1.54) is 17.8 Å². The van der Waals surface area contributed by atoms with Crippen molar-refractivity contribution in [3.63, 3.8) is 0 Å². The van der Waals surface area contributed by atoms with Crippen LogP contribution < -0.4 is 14.8 Å².